The lowest BCUT2D eigenvalue weighted by atomic mass is 10.1. The minimum Gasteiger partial charge on any atom is -0.378 e. The fraction of sp³-hybridized carbons (Fsp3) is 0.286. The number of amides is 1. The highest BCUT2D eigenvalue weighted by atomic mass is 35.5. The number of halogens is 1. The molecule has 0 radical (unpaired) electrons. The normalized spacial score (nSPS) is 13.3. The molecule has 4 aromatic rings. The van der Waals surface area contributed by atoms with E-state index in [9.17, 15) is 14.9 Å². The third-order valence-corrected chi connectivity index (χ3v) is 7.23. The Morgan fingerprint density at radius 2 is 1.80 bits per heavy atom. The number of hydrogen-bond acceptors (Lipinski definition) is 8. The number of aryl methyl sites for hydroxylation is 1. The monoisotopic (exact) mass is 593 g/mol. The maximum Gasteiger partial charge on any atom is 0.270 e. The summed E-state index contributed by atoms with van der Waals surface area (Å²) in [5.74, 6) is -0.585. The average molecular weight is 594 g/mol. The molecule has 0 aliphatic carbocycles. The number of hydrogen-bond donors (Lipinski definition) is 2. The second-order valence-electron chi connectivity index (χ2n) is 9.55. The molecular formula is C28H28ClN7O4S. The Kier molecular flexibility index (Phi) is 8.72. The van der Waals surface area contributed by atoms with Gasteiger partial charge in [0.1, 0.15) is 11.0 Å². The van der Waals surface area contributed by atoms with E-state index in [0.29, 0.717) is 53.7 Å². The topological polar surface area (TPSA) is 127 Å². The van der Waals surface area contributed by atoms with Crippen LogP contribution < -0.4 is 15.5 Å². The Balaban J connectivity index is 1.32. The number of nitrogens with one attached hydrogen (secondary N) is 2. The van der Waals surface area contributed by atoms with Crippen LogP contribution in [0.3, 0.4) is 0 Å². The van der Waals surface area contributed by atoms with Gasteiger partial charge >= 0.3 is 0 Å². The summed E-state index contributed by atoms with van der Waals surface area (Å²) in [6.07, 6.45) is 3.31. The Morgan fingerprint density at radius 3 is 2.49 bits per heavy atom. The summed E-state index contributed by atoms with van der Waals surface area (Å²) in [5.41, 5.74) is 4.19. The smallest absolute Gasteiger partial charge is 0.270 e. The first-order valence-corrected chi connectivity index (χ1v) is 14.0. The quantitative estimate of drug-likeness (QED) is 0.159. The molecule has 0 unspecified atom stereocenters. The number of thiocarbonyl (C=S) groups is 1. The molecule has 0 bridgehead atoms. The summed E-state index contributed by atoms with van der Waals surface area (Å²) in [7, 11) is 0. The lowest BCUT2D eigenvalue weighted by Gasteiger charge is -2.30. The number of non-ortho nitro benzene ring substituents is 1. The summed E-state index contributed by atoms with van der Waals surface area (Å²) >= 11 is 11.9. The van der Waals surface area contributed by atoms with Crippen LogP contribution in [0.15, 0.2) is 54.6 Å². The number of nitro benzene ring substituents is 1. The van der Waals surface area contributed by atoms with Gasteiger partial charge in [0.2, 0.25) is 0 Å². The highest BCUT2D eigenvalue weighted by Crippen LogP contribution is 2.28. The first-order valence-electron chi connectivity index (χ1n) is 13.2. The highest BCUT2D eigenvalue weighted by Gasteiger charge is 2.23. The number of anilines is 2. The molecule has 1 fully saturated rings. The van der Waals surface area contributed by atoms with Gasteiger partial charge in [-0.3, -0.25) is 20.2 Å². The fourth-order valence-electron chi connectivity index (χ4n) is 4.55. The Hall–Kier alpha value is -4.13. The van der Waals surface area contributed by atoms with Crippen molar-refractivity contribution in [2.45, 2.75) is 26.2 Å². The van der Waals surface area contributed by atoms with Crippen LogP contribution in [0.1, 0.15) is 35.7 Å². The number of morpholine rings is 1. The Bertz CT molecular complexity index is 1600. The van der Waals surface area contributed by atoms with Gasteiger partial charge in [-0.05, 0) is 61.0 Å². The maximum atomic E-state index is 13.2. The number of nitro groups is 1. The van der Waals surface area contributed by atoms with E-state index in [1.54, 1.807) is 23.0 Å². The Labute approximate surface area is 246 Å². The van der Waals surface area contributed by atoms with Gasteiger partial charge in [-0.15, -0.1) is 10.2 Å². The number of ether oxygens (including phenoxy) is 1. The first kappa shape index (κ1) is 28.4. The van der Waals surface area contributed by atoms with Crippen LogP contribution in [0, 0.1) is 10.1 Å². The lowest BCUT2D eigenvalue weighted by Crippen LogP contribution is -2.39. The predicted octanol–water partition coefficient (Wildman–Crippen LogP) is 5.29. The summed E-state index contributed by atoms with van der Waals surface area (Å²) in [6, 6.07) is 15.7. The molecule has 1 saturated heterocycles. The van der Waals surface area contributed by atoms with Crippen LogP contribution in [0.4, 0.5) is 17.1 Å². The Morgan fingerprint density at radius 1 is 1.10 bits per heavy atom. The van der Waals surface area contributed by atoms with Crippen molar-refractivity contribution in [2.75, 3.05) is 36.5 Å². The van der Waals surface area contributed by atoms with Crippen molar-refractivity contribution in [1.82, 2.24) is 20.3 Å². The largest absolute Gasteiger partial charge is 0.378 e. The van der Waals surface area contributed by atoms with Gasteiger partial charge < -0.3 is 15.0 Å². The number of aromatic nitrogens is 3. The highest BCUT2D eigenvalue weighted by molar-refractivity contribution is 7.80. The number of benzene rings is 3. The fourth-order valence-corrected chi connectivity index (χ4v) is 4.96. The van der Waals surface area contributed by atoms with Crippen molar-refractivity contribution in [1.29, 1.82) is 0 Å². The van der Waals surface area contributed by atoms with E-state index in [0.717, 1.165) is 24.9 Å². The molecule has 0 saturated carbocycles. The molecule has 1 aliphatic heterocycles. The first-order chi connectivity index (χ1) is 19.8. The van der Waals surface area contributed by atoms with E-state index in [1.807, 2.05) is 17.0 Å². The molecule has 2 heterocycles. The van der Waals surface area contributed by atoms with Crippen molar-refractivity contribution in [3.8, 4) is 5.69 Å². The van der Waals surface area contributed by atoms with E-state index < -0.39 is 10.8 Å². The number of unbranched alkanes of at least 4 members (excludes halogenated alkanes) is 1. The number of carbonyl (C=O) groups excluding carboxylic acids is 1. The molecule has 0 spiro atoms. The molecule has 1 aliphatic rings. The summed E-state index contributed by atoms with van der Waals surface area (Å²) in [5, 5.41) is 26.4. The minimum atomic E-state index is -0.585. The van der Waals surface area contributed by atoms with Crippen molar-refractivity contribution in [3.63, 3.8) is 0 Å². The minimum absolute atomic E-state index is 0.0225. The van der Waals surface area contributed by atoms with Gasteiger partial charge in [-0.25, -0.2) is 0 Å². The molecule has 1 amide bonds. The summed E-state index contributed by atoms with van der Waals surface area (Å²) in [6.45, 7) is 4.27. The molecule has 11 nitrogen and oxygen atoms in total. The lowest BCUT2D eigenvalue weighted by molar-refractivity contribution is -0.384. The van der Waals surface area contributed by atoms with Crippen molar-refractivity contribution in [3.05, 3.63) is 80.9 Å². The van der Waals surface area contributed by atoms with Crippen molar-refractivity contribution >= 4 is 62.9 Å². The second kappa shape index (κ2) is 12.6. The molecule has 3 aromatic carbocycles. The zero-order valence-corrected chi connectivity index (χ0v) is 23.9. The van der Waals surface area contributed by atoms with E-state index >= 15 is 0 Å². The van der Waals surface area contributed by atoms with Crippen LogP contribution in [-0.4, -0.2) is 57.2 Å². The number of carbonyl (C=O) groups is 1. The average Bonchev–Trinajstić information content (AvgIpc) is 3.39. The van der Waals surface area contributed by atoms with Crippen molar-refractivity contribution < 1.29 is 14.5 Å². The molecule has 41 heavy (non-hydrogen) atoms. The maximum absolute atomic E-state index is 13.2. The van der Waals surface area contributed by atoms with Crippen LogP contribution in [0.5, 0.6) is 0 Å². The molecular weight excluding hydrogens is 566 g/mol. The number of fused-ring (bicyclic) bond motifs is 1. The van der Waals surface area contributed by atoms with E-state index in [2.05, 4.69) is 39.9 Å². The number of nitrogens with zero attached hydrogens (tertiary/aromatic N) is 5. The van der Waals surface area contributed by atoms with Gasteiger partial charge in [-0.1, -0.05) is 37.1 Å². The van der Waals surface area contributed by atoms with Crippen LogP contribution >= 0.6 is 23.8 Å². The standard InChI is InChI=1S/C28H28ClN7O4S/c1-2-3-4-18-5-7-19(8-6-18)35-32-24-16-22(29)23(17-25(24)33-35)30-28(41)31-27(37)21-15-20(36(38)39)9-10-26(21)34-11-13-40-14-12-34/h5-10,15-17H,2-4,11-14H2,1H3,(H2,30,31,37,41). The zero-order valence-electron chi connectivity index (χ0n) is 22.3. The van der Waals surface area contributed by atoms with Crippen LogP contribution in [0.25, 0.3) is 16.7 Å². The van der Waals surface area contributed by atoms with Gasteiger partial charge in [-0.2, -0.15) is 4.80 Å². The van der Waals surface area contributed by atoms with Gasteiger partial charge in [0.15, 0.2) is 5.11 Å². The molecule has 5 rings (SSSR count). The van der Waals surface area contributed by atoms with Gasteiger partial charge in [0.25, 0.3) is 11.6 Å². The SMILES string of the molecule is CCCCc1ccc(-n2nc3cc(Cl)c(NC(=S)NC(=O)c4cc([N+](=O)[O-])ccc4N4CCOCC4)cc3n2)cc1. The molecule has 2 N–H and O–H groups in total. The molecule has 13 heteroatoms. The third-order valence-electron chi connectivity index (χ3n) is 6.72. The van der Waals surface area contributed by atoms with Crippen LogP contribution in [0.2, 0.25) is 5.02 Å². The molecule has 0 atom stereocenters. The van der Waals surface area contributed by atoms with E-state index in [-0.39, 0.29) is 16.4 Å². The van der Waals surface area contributed by atoms with Crippen molar-refractivity contribution in [2.24, 2.45) is 0 Å². The number of rotatable bonds is 8. The molecule has 212 valence electrons. The molecule has 1 aromatic heterocycles. The van der Waals surface area contributed by atoms with Gasteiger partial charge in [0.05, 0.1) is 45.8 Å². The van der Waals surface area contributed by atoms with E-state index in [4.69, 9.17) is 28.6 Å². The summed E-state index contributed by atoms with van der Waals surface area (Å²) in [4.78, 5) is 27.6. The van der Waals surface area contributed by atoms with E-state index in [1.165, 1.54) is 17.7 Å². The predicted molar refractivity (Wildman–Crippen MR) is 162 cm³/mol. The van der Waals surface area contributed by atoms with Gasteiger partial charge in [0, 0.05) is 25.2 Å². The summed E-state index contributed by atoms with van der Waals surface area (Å²) < 4.78 is 5.40. The third kappa shape index (κ3) is 6.62. The second-order valence-corrected chi connectivity index (χ2v) is 10.4. The zero-order chi connectivity index (χ0) is 28.9. The van der Waals surface area contributed by atoms with Crippen LogP contribution in [-0.2, 0) is 11.2 Å².